The van der Waals surface area contributed by atoms with Gasteiger partial charge >= 0.3 is 0 Å². The number of nitrogens with zero attached hydrogens (tertiary/aromatic N) is 7. The van der Waals surface area contributed by atoms with Crippen molar-refractivity contribution in [2.75, 3.05) is 7.11 Å². The maximum Gasteiger partial charge on any atom is 0.225 e. The number of nitrogens with one attached hydrogen (secondary N) is 1. The minimum absolute atomic E-state index is 0.282. The van der Waals surface area contributed by atoms with Crippen LogP contribution in [0, 0.1) is 5.21 Å². The molecule has 0 aliphatic heterocycles. The number of pyridine rings is 2. The van der Waals surface area contributed by atoms with Crippen molar-refractivity contribution in [2.45, 2.75) is 39.3 Å². The molecule has 41 heavy (non-hydrogen) atoms. The monoisotopic (exact) mass is 546 g/mol. The molecule has 0 unspecified atom stereocenters. The Hall–Kier alpha value is -4.96. The molecule has 0 aliphatic carbocycles. The van der Waals surface area contributed by atoms with Crippen LogP contribution in [0.1, 0.15) is 36.8 Å². The number of aryl methyl sites for hydroxylation is 1. The fraction of sp³-hybridized carbons (Fsp3) is 0.226. The summed E-state index contributed by atoms with van der Waals surface area (Å²) in [5.41, 5.74) is 7.64. The van der Waals surface area contributed by atoms with Crippen LogP contribution in [0.5, 0.6) is 0 Å². The van der Waals surface area contributed by atoms with Gasteiger partial charge in [0.2, 0.25) is 11.5 Å². The van der Waals surface area contributed by atoms with Crippen molar-refractivity contribution in [3.05, 3.63) is 101 Å². The van der Waals surface area contributed by atoms with Gasteiger partial charge in [0, 0.05) is 31.2 Å². The molecule has 10 nitrogen and oxygen atoms in total. The average Bonchev–Trinajstić information content (AvgIpc) is 3.65. The van der Waals surface area contributed by atoms with Gasteiger partial charge in [-0.25, -0.2) is 9.97 Å². The topological polar surface area (TPSA) is 121 Å². The molecule has 6 rings (SSSR count). The first-order chi connectivity index (χ1) is 20.2. The number of fused-ring (bicyclic) bond motifs is 1. The lowest BCUT2D eigenvalue weighted by atomic mass is 9.98. The van der Waals surface area contributed by atoms with E-state index in [1.54, 1.807) is 19.2 Å². The van der Waals surface area contributed by atoms with Gasteiger partial charge in [-0.15, -0.1) is 10.2 Å². The summed E-state index contributed by atoms with van der Waals surface area (Å²) in [5.74, 6) is 1.54. The molecule has 0 bridgehead atoms. The predicted octanol–water partition coefficient (Wildman–Crippen LogP) is 5.12. The molecule has 206 valence electrons. The van der Waals surface area contributed by atoms with E-state index in [2.05, 4.69) is 62.4 Å². The van der Waals surface area contributed by atoms with E-state index in [4.69, 9.17) is 14.7 Å². The van der Waals surface area contributed by atoms with Gasteiger partial charge < -0.3 is 14.5 Å². The smallest absolute Gasteiger partial charge is 0.225 e. The van der Waals surface area contributed by atoms with E-state index in [-0.39, 0.29) is 6.61 Å². The molecule has 1 N–H and O–H groups in total. The zero-order chi connectivity index (χ0) is 28.2. The Bertz CT molecular complexity index is 1780. The number of aromatic nitrogens is 8. The third-order valence-electron chi connectivity index (χ3n) is 7.13. The molecule has 6 aromatic rings. The first-order valence-corrected chi connectivity index (χ1v) is 13.6. The molecule has 0 saturated heterocycles. The number of benzene rings is 2. The molecule has 0 radical (unpaired) electrons. The van der Waals surface area contributed by atoms with Crippen molar-refractivity contribution < 1.29 is 9.47 Å². The van der Waals surface area contributed by atoms with Crippen LogP contribution in [-0.2, 0) is 24.3 Å². The molecule has 0 atom stereocenters. The first-order valence-electron chi connectivity index (χ1n) is 13.6. The second-order valence-corrected chi connectivity index (χ2v) is 9.87. The largest absolute Gasteiger partial charge is 0.618 e. The van der Waals surface area contributed by atoms with Crippen molar-refractivity contribution >= 4 is 11.2 Å². The Morgan fingerprint density at radius 3 is 2.49 bits per heavy atom. The second kappa shape index (κ2) is 11.6. The average molecular weight is 547 g/mol. The summed E-state index contributed by atoms with van der Waals surface area (Å²) in [6, 6.07) is 23.8. The Morgan fingerprint density at radius 1 is 0.951 bits per heavy atom. The van der Waals surface area contributed by atoms with Crippen LogP contribution in [0.25, 0.3) is 44.9 Å². The van der Waals surface area contributed by atoms with Crippen LogP contribution in [-0.4, -0.2) is 42.3 Å². The number of methoxy groups -OCH3 is 1. The molecular weight excluding hydrogens is 516 g/mol. The van der Waals surface area contributed by atoms with Gasteiger partial charge in [-0.3, -0.25) is 0 Å². The Labute approximate surface area is 237 Å². The number of unbranched alkanes of at least 4 members (excludes halogenated alkanes) is 1. The van der Waals surface area contributed by atoms with Crippen LogP contribution in [0.2, 0.25) is 0 Å². The molecule has 0 amide bonds. The van der Waals surface area contributed by atoms with E-state index in [1.165, 1.54) is 6.20 Å². The van der Waals surface area contributed by atoms with Gasteiger partial charge in [-0.05, 0) is 40.5 Å². The van der Waals surface area contributed by atoms with E-state index >= 15 is 0 Å². The van der Waals surface area contributed by atoms with Crippen molar-refractivity contribution in [3.63, 3.8) is 0 Å². The van der Waals surface area contributed by atoms with E-state index in [0.717, 1.165) is 68.8 Å². The Morgan fingerprint density at radius 2 is 1.76 bits per heavy atom. The quantitative estimate of drug-likeness (QED) is 0.187. The lowest BCUT2D eigenvalue weighted by Gasteiger charge is -2.12. The fourth-order valence-electron chi connectivity index (χ4n) is 5.11. The van der Waals surface area contributed by atoms with Gasteiger partial charge in [0.25, 0.3) is 0 Å². The summed E-state index contributed by atoms with van der Waals surface area (Å²) in [7, 11) is 1.63. The Balaban J connectivity index is 1.39. The van der Waals surface area contributed by atoms with Crippen molar-refractivity contribution in [1.82, 2.24) is 35.2 Å². The van der Waals surface area contributed by atoms with Crippen LogP contribution in [0.15, 0.2) is 79.0 Å². The van der Waals surface area contributed by atoms with Gasteiger partial charge in [0.15, 0.2) is 11.8 Å². The number of hydrogen-bond acceptors (Lipinski definition) is 7. The second-order valence-electron chi connectivity index (χ2n) is 9.87. The zero-order valence-corrected chi connectivity index (χ0v) is 23.0. The highest BCUT2D eigenvalue weighted by atomic mass is 16.5. The maximum absolute atomic E-state index is 12.6. The van der Waals surface area contributed by atoms with Crippen LogP contribution >= 0.6 is 0 Å². The zero-order valence-electron chi connectivity index (χ0n) is 23.0. The van der Waals surface area contributed by atoms with Gasteiger partial charge in [0.1, 0.15) is 11.3 Å². The highest BCUT2D eigenvalue weighted by Gasteiger charge is 2.20. The molecule has 2 aromatic carbocycles. The minimum atomic E-state index is 0.282. The number of imidazole rings is 1. The summed E-state index contributed by atoms with van der Waals surface area (Å²) < 4.78 is 8.53. The fourth-order valence-corrected chi connectivity index (χ4v) is 5.11. The maximum atomic E-state index is 12.6. The van der Waals surface area contributed by atoms with Crippen molar-refractivity contribution in [2.24, 2.45) is 0 Å². The van der Waals surface area contributed by atoms with Crippen LogP contribution < -0.4 is 4.73 Å². The third kappa shape index (κ3) is 5.29. The molecule has 0 spiro atoms. The summed E-state index contributed by atoms with van der Waals surface area (Å²) >= 11 is 0. The molecule has 4 heterocycles. The normalized spacial score (nSPS) is 11.4. The van der Waals surface area contributed by atoms with Gasteiger partial charge in [0.05, 0.1) is 24.4 Å². The summed E-state index contributed by atoms with van der Waals surface area (Å²) in [4.78, 5) is 10.0. The molecule has 4 aromatic heterocycles. The summed E-state index contributed by atoms with van der Waals surface area (Å²) in [5, 5.41) is 27.2. The highest BCUT2D eigenvalue weighted by molar-refractivity contribution is 5.81. The number of aromatic amines is 1. The van der Waals surface area contributed by atoms with E-state index in [1.807, 2.05) is 30.3 Å². The molecule has 10 heteroatoms. The SMILES string of the molecule is CCCCc1nc2cc(-c3cccc[n+]3[O-])c(COC)nc2n1Cc1ccc(-c2ccccc2-c2nn[nH]n2)cc1. The minimum Gasteiger partial charge on any atom is -0.618 e. The summed E-state index contributed by atoms with van der Waals surface area (Å²) in [6.07, 6.45) is 4.41. The van der Waals surface area contributed by atoms with E-state index < -0.39 is 0 Å². The van der Waals surface area contributed by atoms with E-state index in [9.17, 15) is 5.21 Å². The Kier molecular flexibility index (Phi) is 7.46. The number of H-pyrrole nitrogens is 1. The lowest BCUT2D eigenvalue weighted by Crippen LogP contribution is -2.28. The number of ether oxygens (including phenoxy) is 1. The molecular formula is C31H30N8O2. The highest BCUT2D eigenvalue weighted by Crippen LogP contribution is 2.31. The molecule has 0 saturated carbocycles. The lowest BCUT2D eigenvalue weighted by molar-refractivity contribution is -0.593. The van der Waals surface area contributed by atoms with Gasteiger partial charge in [-0.2, -0.15) is 9.94 Å². The summed E-state index contributed by atoms with van der Waals surface area (Å²) in [6.45, 7) is 3.08. The number of tetrazole rings is 1. The van der Waals surface area contributed by atoms with Crippen LogP contribution in [0.4, 0.5) is 0 Å². The number of hydrogen-bond donors (Lipinski definition) is 1. The molecule has 0 fully saturated rings. The first kappa shape index (κ1) is 26.3. The van der Waals surface area contributed by atoms with Crippen molar-refractivity contribution in [1.29, 1.82) is 0 Å². The third-order valence-corrected chi connectivity index (χ3v) is 7.13. The van der Waals surface area contributed by atoms with Crippen molar-refractivity contribution in [3.8, 4) is 33.8 Å². The standard InChI is InChI=1S/C31H30N8O2/c1-3-4-12-29-32-26-18-25(28-11-7-8-17-39(28)40)27(20-41-2)33-31(26)38(29)19-21-13-15-22(16-14-21)23-9-5-6-10-24(23)30-34-36-37-35-30/h5-11,13-18H,3-4,12,19-20H2,1-2H3,(H,34,35,36,37). The predicted molar refractivity (Wildman–Crippen MR) is 155 cm³/mol. The number of rotatable bonds is 10. The van der Waals surface area contributed by atoms with E-state index in [0.29, 0.717) is 23.8 Å². The van der Waals surface area contributed by atoms with Gasteiger partial charge in [-0.1, -0.05) is 61.9 Å². The van der Waals surface area contributed by atoms with Crippen LogP contribution in [0.3, 0.4) is 0 Å². The molecule has 0 aliphatic rings.